The number of carbonyl (C=O) groups is 1. The van der Waals surface area contributed by atoms with Crippen molar-refractivity contribution in [2.24, 2.45) is 0 Å². The van der Waals surface area contributed by atoms with Gasteiger partial charge in [0.1, 0.15) is 0 Å². The number of likely N-dealkylation sites (N-methyl/N-ethyl adjacent to an activating group) is 1. The quantitative estimate of drug-likeness (QED) is 0.818. The molecule has 19 heavy (non-hydrogen) atoms. The predicted molar refractivity (Wildman–Crippen MR) is 76.2 cm³/mol. The van der Waals surface area contributed by atoms with Gasteiger partial charge >= 0.3 is 0 Å². The highest BCUT2D eigenvalue weighted by Crippen LogP contribution is 2.27. The van der Waals surface area contributed by atoms with Crippen LogP contribution in [0, 0.1) is 0 Å². The molecule has 1 aliphatic rings. The SMILES string of the molecule is CN(C(=O)c1cccc(N)c1Cl)C1CCCCC1O. The fourth-order valence-electron chi connectivity index (χ4n) is 2.60. The molecular weight excluding hydrogens is 264 g/mol. The second-order valence-corrected chi connectivity index (χ2v) is 5.42. The molecule has 2 rings (SSSR count). The number of aliphatic hydroxyl groups is 1. The molecular formula is C14H19ClN2O2. The first-order valence-corrected chi connectivity index (χ1v) is 6.89. The standard InChI is InChI=1S/C14H19ClN2O2/c1-17(11-7-2-3-8-12(11)18)14(19)9-5-4-6-10(16)13(9)15/h4-6,11-12,18H,2-3,7-8,16H2,1H3. The Morgan fingerprint density at radius 1 is 1.42 bits per heavy atom. The van der Waals surface area contributed by atoms with Gasteiger partial charge < -0.3 is 15.7 Å². The van der Waals surface area contributed by atoms with Crippen LogP contribution in [0.5, 0.6) is 0 Å². The Bertz CT molecular complexity index is 479. The van der Waals surface area contributed by atoms with E-state index in [1.807, 2.05) is 0 Å². The fourth-order valence-corrected chi connectivity index (χ4v) is 2.81. The maximum absolute atomic E-state index is 12.4. The molecule has 0 radical (unpaired) electrons. The lowest BCUT2D eigenvalue weighted by atomic mass is 9.91. The smallest absolute Gasteiger partial charge is 0.255 e. The molecule has 0 saturated heterocycles. The second kappa shape index (κ2) is 5.80. The zero-order valence-corrected chi connectivity index (χ0v) is 11.7. The van der Waals surface area contributed by atoms with Crippen LogP contribution in [0.4, 0.5) is 5.69 Å². The number of nitrogen functional groups attached to an aromatic ring is 1. The minimum Gasteiger partial charge on any atom is -0.398 e. The van der Waals surface area contributed by atoms with Gasteiger partial charge in [-0.15, -0.1) is 0 Å². The molecule has 3 N–H and O–H groups in total. The molecule has 1 saturated carbocycles. The summed E-state index contributed by atoms with van der Waals surface area (Å²) >= 11 is 6.07. The summed E-state index contributed by atoms with van der Waals surface area (Å²) in [5.74, 6) is -0.191. The van der Waals surface area contributed by atoms with Gasteiger partial charge in [0, 0.05) is 7.05 Å². The summed E-state index contributed by atoms with van der Waals surface area (Å²) in [6, 6.07) is 4.89. The highest BCUT2D eigenvalue weighted by molar-refractivity contribution is 6.36. The minimum absolute atomic E-state index is 0.140. The number of carbonyl (C=O) groups excluding carboxylic acids is 1. The molecule has 0 bridgehead atoms. The molecule has 104 valence electrons. The molecule has 2 unspecified atom stereocenters. The van der Waals surface area contributed by atoms with Crippen molar-refractivity contribution in [3.63, 3.8) is 0 Å². The van der Waals surface area contributed by atoms with E-state index in [1.165, 1.54) is 0 Å². The summed E-state index contributed by atoms with van der Waals surface area (Å²) in [4.78, 5) is 14.0. The van der Waals surface area contributed by atoms with Gasteiger partial charge in [0.05, 0.1) is 28.4 Å². The monoisotopic (exact) mass is 282 g/mol. The van der Waals surface area contributed by atoms with Crippen LogP contribution in [-0.2, 0) is 0 Å². The molecule has 2 atom stereocenters. The van der Waals surface area contributed by atoms with Crippen molar-refractivity contribution >= 4 is 23.2 Å². The Balaban J connectivity index is 2.21. The van der Waals surface area contributed by atoms with Crippen LogP contribution in [0.3, 0.4) is 0 Å². The molecule has 1 amide bonds. The lowest BCUT2D eigenvalue weighted by Crippen LogP contribution is -2.46. The number of halogens is 1. The number of benzene rings is 1. The molecule has 1 aromatic carbocycles. The van der Waals surface area contributed by atoms with Gasteiger partial charge in [-0.1, -0.05) is 30.5 Å². The average Bonchev–Trinajstić information content (AvgIpc) is 2.41. The zero-order valence-electron chi connectivity index (χ0n) is 11.0. The first-order chi connectivity index (χ1) is 9.02. The van der Waals surface area contributed by atoms with Gasteiger partial charge in [-0.2, -0.15) is 0 Å². The van der Waals surface area contributed by atoms with E-state index in [2.05, 4.69) is 0 Å². The topological polar surface area (TPSA) is 66.6 Å². The summed E-state index contributed by atoms with van der Waals surface area (Å²) in [6.07, 6.45) is 3.15. The number of aliphatic hydroxyl groups excluding tert-OH is 1. The van der Waals surface area contributed by atoms with Crippen LogP contribution in [0.15, 0.2) is 18.2 Å². The van der Waals surface area contributed by atoms with Gasteiger partial charge in [-0.05, 0) is 25.0 Å². The number of nitrogens with zero attached hydrogens (tertiary/aromatic N) is 1. The number of amides is 1. The van der Waals surface area contributed by atoms with Crippen molar-refractivity contribution in [1.29, 1.82) is 0 Å². The number of anilines is 1. The highest BCUT2D eigenvalue weighted by atomic mass is 35.5. The lowest BCUT2D eigenvalue weighted by Gasteiger charge is -2.35. The van der Waals surface area contributed by atoms with Crippen LogP contribution in [0.2, 0.25) is 5.02 Å². The summed E-state index contributed by atoms with van der Waals surface area (Å²) in [6.45, 7) is 0. The number of hydrogen-bond acceptors (Lipinski definition) is 3. The summed E-state index contributed by atoms with van der Waals surface area (Å²) in [5.41, 5.74) is 6.50. The first-order valence-electron chi connectivity index (χ1n) is 6.51. The molecule has 1 aliphatic carbocycles. The van der Waals surface area contributed by atoms with E-state index >= 15 is 0 Å². The van der Waals surface area contributed by atoms with E-state index in [4.69, 9.17) is 17.3 Å². The van der Waals surface area contributed by atoms with Crippen LogP contribution in [0.25, 0.3) is 0 Å². The third-order valence-electron chi connectivity index (χ3n) is 3.77. The Hall–Kier alpha value is -1.26. The largest absolute Gasteiger partial charge is 0.398 e. The molecule has 0 spiro atoms. The molecule has 5 heteroatoms. The van der Waals surface area contributed by atoms with E-state index in [-0.39, 0.29) is 17.0 Å². The van der Waals surface area contributed by atoms with Crippen LogP contribution in [-0.4, -0.2) is 35.1 Å². The van der Waals surface area contributed by atoms with Crippen molar-refractivity contribution in [1.82, 2.24) is 4.90 Å². The van der Waals surface area contributed by atoms with Crippen molar-refractivity contribution in [3.05, 3.63) is 28.8 Å². The maximum atomic E-state index is 12.4. The summed E-state index contributed by atoms with van der Waals surface area (Å²) < 4.78 is 0. The summed E-state index contributed by atoms with van der Waals surface area (Å²) in [5, 5.41) is 10.3. The van der Waals surface area contributed by atoms with Gasteiger partial charge in [-0.3, -0.25) is 4.79 Å². The van der Waals surface area contributed by atoms with Gasteiger partial charge in [0.25, 0.3) is 5.91 Å². The third kappa shape index (κ3) is 2.85. The van der Waals surface area contributed by atoms with Crippen molar-refractivity contribution in [3.8, 4) is 0 Å². The van der Waals surface area contributed by atoms with E-state index in [0.29, 0.717) is 11.3 Å². The molecule has 1 aromatic rings. The van der Waals surface area contributed by atoms with Crippen LogP contribution >= 0.6 is 11.6 Å². The molecule has 0 aliphatic heterocycles. The van der Waals surface area contributed by atoms with E-state index in [0.717, 1.165) is 25.7 Å². The van der Waals surface area contributed by atoms with E-state index < -0.39 is 6.10 Å². The lowest BCUT2D eigenvalue weighted by molar-refractivity contribution is 0.0268. The van der Waals surface area contributed by atoms with Crippen molar-refractivity contribution in [2.75, 3.05) is 12.8 Å². The molecule has 0 aromatic heterocycles. The minimum atomic E-state index is -0.456. The van der Waals surface area contributed by atoms with Crippen molar-refractivity contribution in [2.45, 2.75) is 37.8 Å². The first kappa shape index (κ1) is 14.2. The molecule has 4 nitrogen and oxygen atoms in total. The number of nitrogens with two attached hydrogens (primary N) is 1. The number of rotatable bonds is 2. The van der Waals surface area contributed by atoms with Gasteiger partial charge in [0.15, 0.2) is 0 Å². The second-order valence-electron chi connectivity index (χ2n) is 5.04. The maximum Gasteiger partial charge on any atom is 0.255 e. The normalized spacial score (nSPS) is 23.1. The summed E-state index contributed by atoms with van der Waals surface area (Å²) in [7, 11) is 1.71. The average molecular weight is 283 g/mol. The van der Waals surface area contributed by atoms with Crippen molar-refractivity contribution < 1.29 is 9.90 Å². The zero-order chi connectivity index (χ0) is 14.0. The molecule has 0 heterocycles. The fraction of sp³-hybridized carbons (Fsp3) is 0.500. The Morgan fingerprint density at radius 3 is 2.79 bits per heavy atom. The van der Waals surface area contributed by atoms with Crippen LogP contribution < -0.4 is 5.73 Å². The highest BCUT2D eigenvalue weighted by Gasteiger charge is 2.30. The Labute approximate surface area is 118 Å². The van der Waals surface area contributed by atoms with E-state index in [1.54, 1.807) is 30.1 Å². The van der Waals surface area contributed by atoms with Gasteiger partial charge in [-0.25, -0.2) is 0 Å². The number of hydrogen-bond donors (Lipinski definition) is 2. The molecule has 1 fully saturated rings. The van der Waals surface area contributed by atoms with Crippen LogP contribution in [0.1, 0.15) is 36.0 Å². The van der Waals surface area contributed by atoms with E-state index in [9.17, 15) is 9.90 Å². The Morgan fingerprint density at radius 2 is 2.11 bits per heavy atom. The predicted octanol–water partition coefficient (Wildman–Crippen LogP) is 2.30. The third-order valence-corrected chi connectivity index (χ3v) is 4.19. The van der Waals surface area contributed by atoms with Gasteiger partial charge in [0.2, 0.25) is 0 Å². The Kier molecular flexibility index (Phi) is 4.32.